The molecular weight excluding hydrogens is 330 g/mol. The lowest BCUT2D eigenvalue weighted by atomic mass is 9.91. The van der Waals surface area contributed by atoms with E-state index in [1.807, 2.05) is 49.4 Å². The van der Waals surface area contributed by atoms with E-state index >= 15 is 0 Å². The number of aromatic nitrogens is 4. The number of tetrazole rings is 1. The molecule has 4 rings (SSSR count). The number of esters is 1. The van der Waals surface area contributed by atoms with Crippen LogP contribution in [0.15, 0.2) is 66.4 Å². The van der Waals surface area contributed by atoms with Gasteiger partial charge in [-0.25, -0.2) is 4.79 Å². The Morgan fingerprint density at radius 1 is 1.31 bits per heavy atom. The Balaban J connectivity index is 1.93. The molecule has 0 spiro atoms. The average Bonchev–Trinajstić information content (AvgIpc) is 3.12. The minimum atomic E-state index is -0.482. The molecule has 0 bridgehead atoms. The molecule has 3 aromatic rings. The van der Waals surface area contributed by atoms with E-state index in [0.29, 0.717) is 17.2 Å². The van der Waals surface area contributed by atoms with Crippen LogP contribution in [-0.2, 0) is 9.53 Å². The zero-order valence-electron chi connectivity index (χ0n) is 14.2. The zero-order chi connectivity index (χ0) is 18.1. The number of rotatable bonds is 4. The van der Waals surface area contributed by atoms with Crippen LogP contribution < -0.4 is 5.32 Å². The number of benzene rings is 2. The molecule has 0 radical (unpaired) electrons. The molecule has 130 valence electrons. The summed E-state index contributed by atoms with van der Waals surface area (Å²) >= 11 is 0. The first-order valence-electron chi connectivity index (χ1n) is 8.22. The van der Waals surface area contributed by atoms with Crippen LogP contribution >= 0.6 is 0 Å². The quantitative estimate of drug-likeness (QED) is 0.577. The number of carbonyl (C=O) groups is 1. The van der Waals surface area contributed by atoms with Gasteiger partial charge in [-0.3, -0.25) is 0 Å². The lowest BCUT2D eigenvalue weighted by Gasteiger charge is -2.28. The number of nitrogens with zero attached hydrogens (tertiary/aromatic N) is 4. The fourth-order valence-electron chi connectivity index (χ4n) is 3.27. The van der Waals surface area contributed by atoms with Gasteiger partial charge in [0.25, 0.3) is 0 Å². The number of carbonyl (C=O) groups excluding carboxylic acids is 1. The summed E-state index contributed by atoms with van der Waals surface area (Å²) in [7, 11) is 0. The van der Waals surface area contributed by atoms with Gasteiger partial charge in [0.2, 0.25) is 5.95 Å². The van der Waals surface area contributed by atoms with Gasteiger partial charge in [-0.2, -0.15) is 4.68 Å². The summed E-state index contributed by atoms with van der Waals surface area (Å²) in [5.74, 6) is 0.0645. The van der Waals surface area contributed by atoms with Gasteiger partial charge < -0.3 is 10.1 Å². The van der Waals surface area contributed by atoms with Crippen molar-refractivity contribution >= 4 is 22.7 Å². The van der Waals surface area contributed by atoms with Crippen LogP contribution in [0.5, 0.6) is 0 Å². The van der Waals surface area contributed by atoms with Crippen LogP contribution in [0.4, 0.5) is 5.95 Å². The normalized spacial score (nSPS) is 16.1. The van der Waals surface area contributed by atoms with Gasteiger partial charge in [-0.05, 0) is 33.7 Å². The highest BCUT2D eigenvalue weighted by Crippen LogP contribution is 2.37. The molecular formula is C19H17N5O2. The summed E-state index contributed by atoms with van der Waals surface area (Å²) in [5, 5.41) is 17.0. The van der Waals surface area contributed by atoms with Crippen molar-refractivity contribution in [2.45, 2.75) is 13.0 Å². The molecule has 1 aliphatic rings. The maximum atomic E-state index is 12.8. The van der Waals surface area contributed by atoms with E-state index in [1.54, 1.807) is 10.8 Å². The van der Waals surface area contributed by atoms with Crippen LogP contribution in [0, 0.1) is 0 Å². The van der Waals surface area contributed by atoms with Crippen LogP contribution in [-0.4, -0.2) is 32.8 Å². The molecule has 0 amide bonds. The number of allylic oxidation sites excluding steroid dienone is 1. The second-order valence-electron chi connectivity index (χ2n) is 5.97. The first kappa shape index (κ1) is 16.0. The third-order valence-electron chi connectivity index (χ3n) is 4.38. The summed E-state index contributed by atoms with van der Waals surface area (Å²) in [5.41, 5.74) is 2.07. The smallest absolute Gasteiger partial charge is 0.338 e. The predicted molar refractivity (Wildman–Crippen MR) is 97.4 cm³/mol. The minimum absolute atomic E-state index is 0.139. The largest absolute Gasteiger partial charge is 0.458 e. The van der Waals surface area contributed by atoms with Crippen molar-refractivity contribution in [1.82, 2.24) is 20.2 Å². The Morgan fingerprint density at radius 2 is 2.12 bits per heavy atom. The maximum Gasteiger partial charge on any atom is 0.338 e. The molecule has 0 fully saturated rings. The van der Waals surface area contributed by atoms with E-state index in [-0.39, 0.29) is 6.61 Å². The third kappa shape index (κ3) is 2.54. The molecule has 2 aromatic carbocycles. The molecule has 2 heterocycles. The summed E-state index contributed by atoms with van der Waals surface area (Å²) in [6.45, 7) is 5.56. The van der Waals surface area contributed by atoms with Crippen molar-refractivity contribution in [3.63, 3.8) is 0 Å². The van der Waals surface area contributed by atoms with E-state index < -0.39 is 12.0 Å². The summed E-state index contributed by atoms with van der Waals surface area (Å²) in [6.07, 6.45) is 1.54. The fourth-order valence-corrected chi connectivity index (χ4v) is 3.27. The average molecular weight is 347 g/mol. The highest BCUT2D eigenvalue weighted by Gasteiger charge is 2.35. The molecule has 0 saturated carbocycles. The highest BCUT2D eigenvalue weighted by atomic mass is 16.5. The molecule has 1 N–H and O–H groups in total. The number of nitrogens with one attached hydrogen (secondary N) is 1. The molecule has 26 heavy (non-hydrogen) atoms. The molecule has 1 aliphatic heterocycles. The number of ether oxygens (including phenoxy) is 1. The zero-order valence-corrected chi connectivity index (χ0v) is 14.2. The van der Waals surface area contributed by atoms with E-state index in [0.717, 1.165) is 16.3 Å². The monoisotopic (exact) mass is 347 g/mol. The standard InChI is InChI=1S/C19H17N5O2/c1-3-11-26-18(25)16-12(2)20-19-21-22-23-24(19)17(16)15-10-6-8-13-7-4-5-9-14(13)15/h3-10,17H,1,11H2,2H3,(H,20,21,23). The first-order chi connectivity index (χ1) is 12.7. The van der Waals surface area contributed by atoms with Crippen LogP contribution in [0.25, 0.3) is 10.8 Å². The van der Waals surface area contributed by atoms with Crippen molar-refractivity contribution in [2.24, 2.45) is 0 Å². The van der Waals surface area contributed by atoms with Crippen molar-refractivity contribution in [3.8, 4) is 0 Å². The third-order valence-corrected chi connectivity index (χ3v) is 4.38. The molecule has 0 aliphatic carbocycles. The van der Waals surface area contributed by atoms with Gasteiger partial charge in [0.1, 0.15) is 12.6 Å². The Hall–Kier alpha value is -3.48. The van der Waals surface area contributed by atoms with Gasteiger partial charge in [0.15, 0.2) is 0 Å². The van der Waals surface area contributed by atoms with Crippen molar-refractivity contribution in [2.75, 3.05) is 11.9 Å². The highest BCUT2D eigenvalue weighted by molar-refractivity contribution is 5.95. The first-order valence-corrected chi connectivity index (χ1v) is 8.22. The van der Waals surface area contributed by atoms with Gasteiger partial charge in [0.05, 0.1) is 5.57 Å². The Morgan fingerprint density at radius 3 is 2.96 bits per heavy atom. The lowest BCUT2D eigenvalue weighted by molar-refractivity contribution is -0.138. The van der Waals surface area contributed by atoms with Gasteiger partial charge in [-0.1, -0.05) is 60.2 Å². The van der Waals surface area contributed by atoms with Crippen molar-refractivity contribution in [1.29, 1.82) is 0 Å². The number of anilines is 1. The van der Waals surface area contributed by atoms with E-state index in [9.17, 15) is 4.79 Å². The molecule has 7 nitrogen and oxygen atoms in total. The molecule has 1 unspecified atom stereocenters. The van der Waals surface area contributed by atoms with Gasteiger partial charge in [-0.15, -0.1) is 0 Å². The maximum absolute atomic E-state index is 12.8. The summed E-state index contributed by atoms with van der Waals surface area (Å²) in [4.78, 5) is 12.8. The van der Waals surface area contributed by atoms with Crippen LogP contribution in [0.3, 0.4) is 0 Å². The molecule has 7 heteroatoms. The molecule has 1 aromatic heterocycles. The SMILES string of the molecule is C=CCOC(=O)C1=C(C)Nc2nnnn2C1c1cccc2ccccc12. The Labute approximate surface area is 150 Å². The van der Waals surface area contributed by atoms with Gasteiger partial charge >= 0.3 is 5.97 Å². The van der Waals surface area contributed by atoms with E-state index in [1.165, 1.54) is 0 Å². The lowest BCUT2D eigenvalue weighted by Crippen LogP contribution is -2.29. The second kappa shape index (κ2) is 6.44. The second-order valence-corrected chi connectivity index (χ2v) is 5.97. The van der Waals surface area contributed by atoms with Crippen molar-refractivity contribution in [3.05, 3.63) is 72.0 Å². The Kier molecular flexibility index (Phi) is 3.96. The fraction of sp³-hybridized carbons (Fsp3) is 0.158. The number of hydrogen-bond donors (Lipinski definition) is 1. The summed E-state index contributed by atoms with van der Waals surface area (Å²) in [6, 6.07) is 13.5. The molecule has 1 atom stereocenters. The minimum Gasteiger partial charge on any atom is -0.458 e. The van der Waals surface area contributed by atoms with E-state index in [4.69, 9.17) is 4.74 Å². The predicted octanol–water partition coefficient (Wildman–Crippen LogP) is 2.84. The molecule has 0 saturated heterocycles. The number of fused-ring (bicyclic) bond motifs is 2. The van der Waals surface area contributed by atoms with Gasteiger partial charge in [0, 0.05) is 5.70 Å². The Bertz CT molecular complexity index is 1030. The summed E-state index contributed by atoms with van der Waals surface area (Å²) < 4.78 is 6.93. The van der Waals surface area contributed by atoms with Crippen LogP contribution in [0.2, 0.25) is 0 Å². The number of hydrogen-bond acceptors (Lipinski definition) is 6. The van der Waals surface area contributed by atoms with E-state index in [2.05, 4.69) is 27.4 Å². The van der Waals surface area contributed by atoms with Crippen LogP contribution in [0.1, 0.15) is 18.5 Å². The van der Waals surface area contributed by atoms with Crippen molar-refractivity contribution < 1.29 is 9.53 Å². The topological polar surface area (TPSA) is 81.9 Å².